The first-order chi connectivity index (χ1) is 8.34. The molecule has 0 radical (unpaired) electrons. The molecule has 0 spiro atoms. The summed E-state index contributed by atoms with van der Waals surface area (Å²) in [6.45, 7) is 0. The second-order valence-corrected chi connectivity index (χ2v) is 6.18. The molecule has 1 aromatic carbocycles. The zero-order chi connectivity index (χ0) is 13.8. The molecule has 1 rings (SSSR count). The molecule has 0 aliphatic heterocycles. The van der Waals surface area contributed by atoms with Gasteiger partial charge in [-0.15, -0.1) is 0 Å². The number of esters is 1. The number of sulfonamides is 1. The highest BCUT2D eigenvalue weighted by molar-refractivity contribution is 9.10. The van der Waals surface area contributed by atoms with E-state index >= 15 is 0 Å². The first kappa shape index (κ1) is 14.8. The van der Waals surface area contributed by atoms with Gasteiger partial charge in [-0.05, 0) is 34.1 Å². The van der Waals surface area contributed by atoms with Gasteiger partial charge in [0.15, 0.2) is 0 Å². The van der Waals surface area contributed by atoms with Crippen LogP contribution in [0.1, 0.15) is 6.42 Å². The number of hydrogen-bond donors (Lipinski definition) is 2. The molecule has 0 amide bonds. The molecule has 0 fully saturated rings. The van der Waals surface area contributed by atoms with E-state index in [0.717, 1.165) is 0 Å². The molecular weight excluding hydrogens is 324 g/mol. The predicted molar refractivity (Wildman–Crippen MR) is 72.6 cm³/mol. The molecule has 0 atom stereocenters. The second-order valence-electron chi connectivity index (χ2n) is 3.49. The van der Waals surface area contributed by atoms with E-state index in [0.29, 0.717) is 15.8 Å². The number of nitrogens with one attached hydrogen (secondary N) is 1. The number of anilines is 2. The van der Waals surface area contributed by atoms with Crippen LogP contribution >= 0.6 is 15.9 Å². The molecule has 0 bridgehead atoms. The largest absolute Gasteiger partial charge is 0.469 e. The van der Waals surface area contributed by atoms with Crippen LogP contribution in [0.5, 0.6) is 0 Å². The standard InChI is InChI=1S/C10H13BrN2O4S/c1-17-10(14)4-5-18(15,16)13-9-3-2-7(12)6-8(9)11/h2-3,6,13H,4-5,12H2,1H3. The Morgan fingerprint density at radius 1 is 1.50 bits per heavy atom. The number of carbonyl (C=O) groups excluding carboxylic acids is 1. The fourth-order valence-electron chi connectivity index (χ4n) is 1.15. The lowest BCUT2D eigenvalue weighted by atomic mass is 10.3. The van der Waals surface area contributed by atoms with Gasteiger partial charge in [-0.2, -0.15) is 0 Å². The molecule has 6 nitrogen and oxygen atoms in total. The lowest BCUT2D eigenvalue weighted by Crippen LogP contribution is -2.19. The topological polar surface area (TPSA) is 98.5 Å². The van der Waals surface area contributed by atoms with Gasteiger partial charge in [-0.1, -0.05) is 0 Å². The van der Waals surface area contributed by atoms with Crippen molar-refractivity contribution < 1.29 is 17.9 Å². The summed E-state index contributed by atoms with van der Waals surface area (Å²) in [5, 5.41) is 0. The summed E-state index contributed by atoms with van der Waals surface area (Å²) in [4.78, 5) is 10.9. The maximum absolute atomic E-state index is 11.7. The number of halogens is 1. The number of hydrogen-bond acceptors (Lipinski definition) is 5. The smallest absolute Gasteiger partial charge is 0.306 e. The van der Waals surface area contributed by atoms with E-state index in [1.165, 1.54) is 13.2 Å². The van der Waals surface area contributed by atoms with E-state index in [1.807, 2.05) is 0 Å². The fraction of sp³-hybridized carbons (Fsp3) is 0.300. The van der Waals surface area contributed by atoms with Crippen LogP contribution in [0.15, 0.2) is 22.7 Å². The van der Waals surface area contributed by atoms with Crippen molar-refractivity contribution in [2.45, 2.75) is 6.42 Å². The van der Waals surface area contributed by atoms with Gasteiger partial charge in [0.2, 0.25) is 10.0 Å². The summed E-state index contributed by atoms with van der Waals surface area (Å²) < 4.78 is 30.6. The molecule has 0 unspecified atom stereocenters. The molecular formula is C10H13BrN2O4S. The van der Waals surface area contributed by atoms with E-state index in [9.17, 15) is 13.2 Å². The van der Waals surface area contributed by atoms with Crippen molar-refractivity contribution in [1.29, 1.82) is 0 Å². The first-order valence-corrected chi connectivity index (χ1v) is 7.41. The third-order valence-electron chi connectivity index (χ3n) is 2.06. The van der Waals surface area contributed by atoms with Crippen molar-refractivity contribution in [3.8, 4) is 0 Å². The van der Waals surface area contributed by atoms with Crippen molar-refractivity contribution >= 4 is 43.3 Å². The number of rotatable bonds is 5. The van der Waals surface area contributed by atoms with Crippen LogP contribution in [0.2, 0.25) is 0 Å². The third kappa shape index (κ3) is 4.53. The summed E-state index contributed by atoms with van der Waals surface area (Å²) in [5.74, 6) is -0.909. The van der Waals surface area contributed by atoms with Gasteiger partial charge in [-0.25, -0.2) is 8.42 Å². The van der Waals surface area contributed by atoms with Gasteiger partial charge in [-0.3, -0.25) is 9.52 Å². The fourth-order valence-corrected chi connectivity index (χ4v) is 2.83. The summed E-state index contributed by atoms with van der Waals surface area (Å²) in [6.07, 6.45) is -0.196. The molecule has 0 aliphatic carbocycles. The molecule has 0 aliphatic rings. The monoisotopic (exact) mass is 336 g/mol. The van der Waals surface area contributed by atoms with Gasteiger partial charge in [0.05, 0.1) is 25.0 Å². The average Bonchev–Trinajstić information content (AvgIpc) is 2.30. The number of methoxy groups -OCH3 is 1. The SMILES string of the molecule is COC(=O)CCS(=O)(=O)Nc1ccc(N)cc1Br. The third-order valence-corrected chi connectivity index (χ3v) is 3.99. The second kappa shape index (κ2) is 6.05. The number of benzene rings is 1. The van der Waals surface area contributed by atoms with E-state index < -0.39 is 16.0 Å². The lowest BCUT2D eigenvalue weighted by Gasteiger charge is -2.09. The maximum Gasteiger partial charge on any atom is 0.306 e. The number of ether oxygens (including phenoxy) is 1. The highest BCUT2D eigenvalue weighted by Crippen LogP contribution is 2.25. The molecule has 8 heteroatoms. The minimum atomic E-state index is -3.60. The Morgan fingerprint density at radius 3 is 2.72 bits per heavy atom. The van der Waals surface area contributed by atoms with E-state index in [-0.39, 0.29) is 12.2 Å². The maximum atomic E-state index is 11.7. The Bertz CT molecular complexity index is 545. The molecule has 100 valence electrons. The Balaban J connectivity index is 2.73. The van der Waals surface area contributed by atoms with Crippen LogP contribution < -0.4 is 10.5 Å². The number of nitrogen functional groups attached to an aromatic ring is 1. The average molecular weight is 337 g/mol. The van der Waals surface area contributed by atoms with Crippen LogP contribution in [-0.4, -0.2) is 27.2 Å². The van der Waals surface area contributed by atoms with Gasteiger partial charge in [0.1, 0.15) is 0 Å². The Hall–Kier alpha value is -1.28. The van der Waals surface area contributed by atoms with Crippen LogP contribution in [0.3, 0.4) is 0 Å². The molecule has 18 heavy (non-hydrogen) atoms. The molecule has 0 saturated heterocycles. The highest BCUT2D eigenvalue weighted by Gasteiger charge is 2.15. The minimum Gasteiger partial charge on any atom is -0.469 e. The Labute approximate surface area is 114 Å². The van der Waals surface area contributed by atoms with E-state index in [4.69, 9.17) is 5.73 Å². The molecule has 3 N–H and O–H groups in total. The summed E-state index contributed by atoms with van der Waals surface area (Å²) in [7, 11) is -2.39. The summed E-state index contributed by atoms with van der Waals surface area (Å²) >= 11 is 3.19. The normalized spacial score (nSPS) is 11.0. The highest BCUT2D eigenvalue weighted by atomic mass is 79.9. The van der Waals surface area contributed by atoms with Crippen LogP contribution in [0.4, 0.5) is 11.4 Å². The first-order valence-electron chi connectivity index (χ1n) is 4.96. The summed E-state index contributed by atoms with van der Waals surface area (Å²) in [5.41, 5.74) is 6.42. The minimum absolute atomic E-state index is 0.196. The van der Waals surface area contributed by atoms with Gasteiger partial charge < -0.3 is 10.5 Å². The molecule has 0 aromatic heterocycles. The lowest BCUT2D eigenvalue weighted by molar-refractivity contribution is -0.140. The van der Waals surface area contributed by atoms with Gasteiger partial charge >= 0.3 is 5.97 Å². The van der Waals surface area contributed by atoms with Crippen molar-refractivity contribution in [3.05, 3.63) is 22.7 Å². The van der Waals surface area contributed by atoms with Crippen LogP contribution in [0.25, 0.3) is 0 Å². The number of nitrogens with two attached hydrogens (primary N) is 1. The Morgan fingerprint density at radius 2 is 2.17 bits per heavy atom. The van der Waals surface area contributed by atoms with E-state index in [1.54, 1.807) is 12.1 Å². The molecule has 0 saturated carbocycles. The zero-order valence-corrected chi connectivity index (χ0v) is 12.0. The quantitative estimate of drug-likeness (QED) is 0.624. The molecule has 1 aromatic rings. The van der Waals surface area contributed by atoms with Gasteiger partial charge in [0, 0.05) is 10.2 Å². The van der Waals surface area contributed by atoms with E-state index in [2.05, 4.69) is 25.4 Å². The van der Waals surface area contributed by atoms with Crippen molar-refractivity contribution in [2.75, 3.05) is 23.3 Å². The molecule has 0 heterocycles. The van der Waals surface area contributed by atoms with Crippen molar-refractivity contribution in [3.63, 3.8) is 0 Å². The van der Waals surface area contributed by atoms with Crippen LogP contribution in [0, 0.1) is 0 Å². The van der Waals surface area contributed by atoms with Gasteiger partial charge in [0.25, 0.3) is 0 Å². The Kier molecular flexibility index (Phi) is 4.97. The zero-order valence-electron chi connectivity index (χ0n) is 9.64. The van der Waals surface area contributed by atoms with Crippen molar-refractivity contribution in [2.24, 2.45) is 0 Å². The van der Waals surface area contributed by atoms with Crippen LogP contribution in [-0.2, 0) is 19.6 Å². The number of carbonyl (C=O) groups is 1. The predicted octanol–water partition coefficient (Wildman–Crippen LogP) is 1.34. The van der Waals surface area contributed by atoms with Crippen molar-refractivity contribution in [1.82, 2.24) is 0 Å². The summed E-state index contributed by atoms with van der Waals surface area (Å²) in [6, 6.07) is 4.69.